The summed E-state index contributed by atoms with van der Waals surface area (Å²) in [5, 5.41) is 24.6. The highest BCUT2D eigenvalue weighted by Crippen LogP contribution is 2.66. The Balaban J connectivity index is 1.22. The van der Waals surface area contributed by atoms with Gasteiger partial charge >= 0.3 is 0 Å². The van der Waals surface area contributed by atoms with Gasteiger partial charge in [-0.25, -0.2) is 0 Å². The maximum atomic E-state index is 12.6. The molecule has 7 rings (SSSR count). The van der Waals surface area contributed by atoms with Crippen molar-refractivity contribution in [2.24, 2.45) is 5.92 Å². The summed E-state index contributed by atoms with van der Waals surface area (Å²) in [6.45, 7) is 2.93. The lowest BCUT2D eigenvalue weighted by molar-refractivity contribution is -0.199. The van der Waals surface area contributed by atoms with Crippen molar-refractivity contribution in [3.8, 4) is 11.5 Å². The molecule has 0 unspecified atom stereocenters. The number of hydrogen-bond donors (Lipinski definition) is 2. The summed E-state index contributed by atoms with van der Waals surface area (Å²) in [5.74, 6) is 1.62. The minimum absolute atomic E-state index is 0.114. The van der Waals surface area contributed by atoms with Crippen LogP contribution in [-0.2, 0) is 18.3 Å². The molecule has 5 aliphatic rings. The molecule has 5 nitrogen and oxygen atoms in total. The summed E-state index contributed by atoms with van der Waals surface area (Å²) in [6.07, 6.45) is 6.66. The molecule has 2 aliphatic heterocycles. The summed E-state index contributed by atoms with van der Waals surface area (Å²) in [4.78, 5) is 4.98. The highest BCUT2D eigenvalue weighted by Gasteiger charge is 2.73. The third kappa shape index (κ3) is 3.26. The Morgan fingerprint density at radius 3 is 2.72 bits per heavy atom. The van der Waals surface area contributed by atoms with Crippen molar-refractivity contribution in [3.63, 3.8) is 0 Å². The molecule has 5 atom stereocenters. The van der Waals surface area contributed by atoms with E-state index in [9.17, 15) is 10.2 Å². The van der Waals surface area contributed by atoms with Crippen LogP contribution in [-0.4, -0.2) is 70.5 Å². The zero-order valence-corrected chi connectivity index (χ0v) is 22.2. The second-order valence-electron chi connectivity index (χ2n) is 11.9. The zero-order chi connectivity index (χ0) is 24.8. The minimum Gasteiger partial charge on any atom is -0.504 e. The molecule has 2 aromatic rings. The number of likely N-dealkylation sites (N-methyl/N-ethyl adjacent to an activating group) is 1. The number of aliphatic hydroxyl groups is 1. The average molecular weight is 530 g/mol. The molecule has 0 radical (unpaired) electrons. The summed E-state index contributed by atoms with van der Waals surface area (Å²) < 4.78 is 6.72. The highest BCUT2D eigenvalue weighted by atomic mass is 35.5. The van der Waals surface area contributed by atoms with Gasteiger partial charge in [-0.15, -0.1) is 0 Å². The summed E-state index contributed by atoms with van der Waals surface area (Å²) in [5.41, 5.74) is 2.20. The van der Waals surface area contributed by atoms with Crippen LogP contribution in [0.15, 0.2) is 30.3 Å². The third-order valence-electron chi connectivity index (χ3n) is 10.0. The summed E-state index contributed by atoms with van der Waals surface area (Å²) in [6, 6.07) is 9.97. The molecule has 7 heteroatoms. The van der Waals surface area contributed by atoms with Gasteiger partial charge in [0, 0.05) is 30.7 Å². The van der Waals surface area contributed by atoms with E-state index in [1.54, 1.807) is 6.07 Å². The fourth-order valence-corrected chi connectivity index (χ4v) is 8.39. The van der Waals surface area contributed by atoms with Crippen molar-refractivity contribution in [3.05, 3.63) is 57.1 Å². The van der Waals surface area contributed by atoms with Gasteiger partial charge < -0.3 is 14.9 Å². The molecule has 0 amide bonds. The fraction of sp³-hybridized carbons (Fsp3) is 0.586. The maximum Gasteiger partial charge on any atom is 0.165 e. The lowest BCUT2D eigenvalue weighted by Gasteiger charge is -2.64. The first-order chi connectivity index (χ1) is 17.3. The van der Waals surface area contributed by atoms with Crippen molar-refractivity contribution < 1.29 is 14.9 Å². The fourth-order valence-electron chi connectivity index (χ4n) is 8.07. The summed E-state index contributed by atoms with van der Waals surface area (Å²) in [7, 11) is 2.17. The topological polar surface area (TPSA) is 56.2 Å². The van der Waals surface area contributed by atoms with Crippen molar-refractivity contribution in [1.29, 1.82) is 0 Å². The lowest BCUT2D eigenvalue weighted by atomic mass is 9.48. The van der Waals surface area contributed by atoms with E-state index in [0.29, 0.717) is 15.8 Å². The number of hydrogen-bond acceptors (Lipinski definition) is 5. The van der Waals surface area contributed by atoms with Gasteiger partial charge in [0.2, 0.25) is 0 Å². The van der Waals surface area contributed by atoms with Crippen LogP contribution in [0.5, 0.6) is 11.5 Å². The molecule has 2 heterocycles. The van der Waals surface area contributed by atoms with Crippen LogP contribution in [0.1, 0.15) is 48.8 Å². The van der Waals surface area contributed by atoms with Crippen molar-refractivity contribution in [2.45, 2.75) is 74.1 Å². The van der Waals surface area contributed by atoms with Crippen LogP contribution in [0.3, 0.4) is 0 Å². The van der Waals surface area contributed by atoms with E-state index in [0.717, 1.165) is 68.8 Å². The Labute approximate surface area is 222 Å². The van der Waals surface area contributed by atoms with Crippen LogP contribution >= 0.6 is 23.2 Å². The molecule has 2 bridgehead atoms. The van der Waals surface area contributed by atoms with E-state index >= 15 is 0 Å². The van der Waals surface area contributed by atoms with Gasteiger partial charge in [-0.3, -0.25) is 9.80 Å². The second kappa shape index (κ2) is 8.25. The zero-order valence-electron chi connectivity index (χ0n) is 20.7. The van der Waals surface area contributed by atoms with Gasteiger partial charge in [-0.2, -0.15) is 0 Å². The van der Waals surface area contributed by atoms with E-state index in [2.05, 4.69) is 22.9 Å². The van der Waals surface area contributed by atoms with E-state index in [-0.39, 0.29) is 23.9 Å². The molecule has 2 saturated carbocycles. The molecule has 3 fully saturated rings. The number of likely N-dealkylation sites (tertiary alicyclic amines) is 1. The predicted octanol–water partition coefficient (Wildman–Crippen LogP) is 4.81. The Hall–Kier alpha value is -1.50. The number of halogens is 2. The van der Waals surface area contributed by atoms with Crippen LogP contribution in [0, 0.1) is 5.92 Å². The van der Waals surface area contributed by atoms with E-state index in [1.807, 2.05) is 18.2 Å². The number of phenols is 1. The monoisotopic (exact) mass is 528 g/mol. The lowest BCUT2D eigenvalue weighted by Crippen LogP contribution is -2.78. The number of rotatable bonds is 6. The van der Waals surface area contributed by atoms with Crippen LogP contribution in [0.4, 0.5) is 0 Å². The van der Waals surface area contributed by atoms with Gasteiger partial charge in [-0.1, -0.05) is 35.3 Å². The number of phenolic OH excluding ortho intramolecular Hbond substituents is 1. The second-order valence-corrected chi connectivity index (χ2v) is 12.7. The molecule has 1 saturated heterocycles. The summed E-state index contributed by atoms with van der Waals surface area (Å²) >= 11 is 12.4. The van der Waals surface area contributed by atoms with Crippen molar-refractivity contribution >= 4 is 23.2 Å². The number of nitrogens with zero attached hydrogens (tertiary/aromatic N) is 2. The molecule has 192 valence electrons. The van der Waals surface area contributed by atoms with Crippen molar-refractivity contribution in [2.75, 3.05) is 26.7 Å². The maximum absolute atomic E-state index is 12.6. The Morgan fingerprint density at radius 1 is 1.11 bits per heavy atom. The highest BCUT2D eigenvalue weighted by molar-refractivity contribution is 6.42. The minimum atomic E-state index is -0.835. The van der Waals surface area contributed by atoms with E-state index in [4.69, 9.17) is 27.9 Å². The number of benzene rings is 2. The van der Waals surface area contributed by atoms with Crippen LogP contribution < -0.4 is 4.74 Å². The van der Waals surface area contributed by atoms with Crippen molar-refractivity contribution in [1.82, 2.24) is 9.80 Å². The number of aromatic hydroxyl groups is 1. The number of ether oxygens (including phenoxy) is 1. The smallest absolute Gasteiger partial charge is 0.165 e. The molecular formula is C29H34Cl2N2O3. The van der Waals surface area contributed by atoms with Gasteiger partial charge in [-0.05, 0) is 93.8 Å². The largest absolute Gasteiger partial charge is 0.504 e. The number of piperidine rings is 1. The molecule has 1 spiro atoms. The first kappa shape index (κ1) is 23.6. The Morgan fingerprint density at radius 2 is 1.94 bits per heavy atom. The Kier molecular flexibility index (Phi) is 5.41. The predicted molar refractivity (Wildman–Crippen MR) is 141 cm³/mol. The first-order valence-corrected chi connectivity index (χ1v) is 14.2. The van der Waals surface area contributed by atoms with Crippen LogP contribution in [0.2, 0.25) is 10.0 Å². The van der Waals surface area contributed by atoms with Crippen LogP contribution in [0.25, 0.3) is 0 Å². The Bertz CT molecular complexity index is 1220. The quantitative estimate of drug-likeness (QED) is 0.563. The first-order valence-electron chi connectivity index (χ1n) is 13.4. The van der Waals surface area contributed by atoms with E-state index < -0.39 is 11.0 Å². The van der Waals surface area contributed by atoms with Gasteiger partial charge in [0.15, 0.2) is 11.5 Å². The molecular weight excluding hydrogens is 495 g/mol. The molecule has 0 aromatic heterocycles. The standard InChI is InChI=1S/C29H34Cl2N2O3/c1-32(12-9-17-4-6-20(30)21(31)14-17)22-8-10-29(35)24-15-19-5-7-23(34)26-25(19)28(29,27(22)36-26)11-13-33(24)16-18-2-3-18/h4-7,14,18,22,24,27,34-35H,2-3,8-13,15-16H2,1H3/t22-,24+,27-,28-,29+/m0/s1. The molecule has 3 aliphatic carbocycles. The molecule has 2 N–H and O–H groups in total. The van der Waals surface area contributed by atoms with Gasteiger partial charge in [0.25, 0.3) is 0 Å². The SMILES string of the molecule is CN(CCc1ccc(Cl)c(Cl)c1)[C@H]1CC[C@@]2(O)[C@H]3Cc4ccc(O)c5c4[C@@]2(CCN3CC2CC2)[C@H]1O5. The third-order valence-corrected chi connectivity index (χ3v) is 10.8. The normalized spacial score (nSPS) is 34.5. The van der Waals surface area contributed by atoms with Gasteiger partial charge in [0.1, 0.15) is 6.10 Å². The van der Waals surface area contributed by atoms with E-state index in [1.165, 1.54) is 18.4 Å². The average Bonchev–Trinajstić information content (AvgIpc) is 3.60. The molecule has 36 heavy (non-hydrogen) atoms. The molecule has 2 aromatic carbocycles. The van der Waals surface area contributed by atoms with Gasteiger partial charge in [0.05, 0.1) is 21.1 Å².